The van der Waals surface area contributed by atoms with Crippen LogP contribution in [0, 0.1) is 0 Å². The number of hydrogen-bond acceptors (Lipinski definition) is 5. The Morgan fingerprint density at radius 3 is 2.20 bits per heavy atom. The van der Waals surface area contributed by atoms with Gasteiger partial charge in [-0.05, 0) is 41.8 Å². The molecule has 6 nitrogen and oxygen atoms in total. The van der Waals surface area contributed by atoms with Gasteiger partial charge in [0.25, 0.3) is 11.8 Å². The molecule has 2 amide bonds. The molecule has 0 aromatic heterocycles. The predicted molar refractivity (Wildman–Crippen MR) is 141 cm³/mol. The SMILES string of the molecule is COc1ccccc1C1=C(Nc2ccc(N(C)C)cc2)C(=O)N(c2cccc3ccccc23)C1=O. The highest BCUT2D eigenvalue weighted by Gasteiger charge is 2.41. The van der Waals surface area contributed by atoms with E-state index in [2.05, 4.69) is 5.32 Å². The van der Waals surface area contributed by atoms with Crippen LogP contribution < -0.4 is 19.9 Å². The molecule has 0 saturated heterocycles. The summed E-state index contributed by atoms with van der Waals surface area (Å²) in [6, 6.07) is 28.2. The van der Waals surface area contributed by atoms with E-state index in [9.17, 15) is 9.59 Å². The van der Waals surface area contributed by atoms with Crippen molar-refractivity contribution in [3.8, 4) is 5.75 Å². The van der Waals surface area contributed by atoms with E-state index in [1.54, 1.807) is 25.3 Å². The molecule has 4 aromatic carbocycles. The molecule has 0 saturated carbocycles. The third-order valence-corrected chi connectivity index (χ3v) is 6.12. The molecule has 35 heavy (non-hydrogen) atoms. The first kappa shape index (κ1) is 22.2. The van der Waals surface area contributed by atoms with Gasteiger partial charge in [0, 0.05) is 36.4 Å². The number of rotatable bonds is 6. The first-order chi connectivity index (χ1) is 17.0. The van der Waals surface area contributed by atoms with E-state index in [0.29, 0.717) is 22.7 Å². The van der Waals surface area contributed by atoms with Crippen molar-refractivity contribution < 1.29 is 14.3 Å². The number of ether oxygens (including phenoxy) is 1. The van der Waals surface area contributed by atoms with Gasteiger partial charge in [0.15, 0.2) is 0 Å². The summed E-state index contributed by atoms with van der Waals surface area (Å²) in [5, 5.41) is 5.00. The smallest absolute Gasteiger partial charge is 0.282 e. The van der Waals surface area contributed by atoms with Crippen molar-refractivity contribution in [2.24, 2.45) is 0 Å². The number of anilines is 3. The quantitative estimate of drug-likeness (QED) is 0.393. The van der Waals surface area contributed by atoms with Crippen LogP contribution in [0.4, 0.5) is 17.1 Å². The number of methoxy groups -OCH3 is 1. The number of carbonyl (C=O) groups is 2. The molecule has 1 N–H and O–H groups in total. The normalized spacial score (nSPS) is 13.5. The van der Waals surface area contributed by atoms with Crippen molar-refractivity contribution in [2.75, 3.05) is 36.3 Å². The minimum absolute atomic E-state index is 0.213. The van der Waals surface area contributed by atoms with Crippen LogP contribution in [0.5, 0.6) is 5.75 Å². The monoisotopic (exact) mass is 463 g/mol. The third-order valence-electron chi connectivity index (χ3n) is 6.12. The lowest BCUT2D eigenvalue weighted by Crippen LogP contribution is -2.32. The van der Waals surface area contributed by atoms with Crippen LogP contribution in [0.1, 0.15) is 5.56 Å². The lowest BCUT2D eigenvalue weighted by Gasteiger charge is -2.18. The Balaban J connectivity index is 1.65. The molecule has 0 bridgehead atoms. The second kappa shape index (κ2) is 8.99. The number of para-hydroxylation sites is 1. The van der Waals surface area contributed by atoms with Gasteiger partial charge >= 0.3 is 0 Å². The summed E-state index contributed by atoms with van der Waals surface area (Å²) >= 11 is 0. The zero-order chi connectivity index (χ0) is 24.5. The molecule has 0 fully saturated rings. The van der Waals surface area contributed by atoms with Crippen LogP contribution in [-0.4, -0.2) is 33.0 Å². The summed E-state index contributed by atoms with van der Waals surface area (Å²) in [5.74, 6) is -0.294. The van der Waals surface area contributed by atoms with E-state index in [1.807, 2.05) is 91.8 Å². The fourth-order valence-corrected chi connectivity index (χ4v) is 4.36. The summed E-state index contributed by atoms with van der Waals surface area (Å²) in [4.78, 5) is 31.0. The summed E-state index contributed by atoms with van der Waals surface area (Å²) < 4.78 is 5.54. The van der Waals surface area contributed by atoms with E-state index in [0.717, 1.165) is 16.5 Å². The van der Waals surface area contributed by atoms with Crippen molar-refractivity contribution in [1.82, 2.24) is 0 Å². The zero-order valence-corrected chi connectivity index (χ0v) is 19.8. The second-order valence-corrected chi connectivity index (χ2v) is 8.46. The standard InChI is InChI=1S/C29H25N3O3/c1-31(2)21-17-15-20(16-18-21)30-27-26(23-12-6-7-14-25(23)35-3)28(33)32(29(27)34)24-13-8-10-19-9-4-5-11-22(19)24/h4-18,30H,1-3H3. The van der Waals surface area contributed by atoms with E-state index >= 15 is 0 Å². The highest BCUT2D eigenvalue weighted by Crippen LogP contribution is 2.39. The van der Waals surface area contributed by atoms with Gasteiger partial charge in [-0.15, -0.1) is 0 Å². The average molecular weight is 464 g/mol. The minimum Gasteiger partial charge on any atom is -0.496 e. The number of amides is 2. The Kier molecular flexibility index (Phi) is 5.71. The van der Waals surface area contributed by atoms with Crippen LogP contribution >= 0.6 is 0 Å². The molecule has 6 heteroatoms. The Morgan fingerprint density at radius 2 is 1.46 bits per heavy atom. The van der Waals surface area contributed by atoms with Gasteiger partial charge in [-0.25, -0.2) is 4.90 Å². The summed E-state index contributed by atoms with van der Waals surface area (Å²) in [7, 11) is 5.48. The Labute approximate surface area is 204 Å². The van der Waals surface area contributed by atoms with Gasteiger partial charge in [-0.3, -0.25) is 9.59 Å². The van der Waals surface area contributed by atoms with E-state index in [1.165, 1.54) is 4.90 Å². The number of fused-ring (bicyclic) bond motifs is 1. The average Bonchev–Trinajstić information content (AvgIpc) is 3.12. The second-order valence-electron chi connectivity index (χ2n) is 8.46. The highest BCUT2D eigenvalue weighted by molar-refractivity contribution is 6.47. The van der Waals surface area contributed by atoms with Crippen LogP contribution in [0.25, 0.3) is 16.3 Å². The third kappa shape index (κ3) is 3.89. The molecule has 0 atom stereocenters. The van der Waals surface area contributed by atoms with Crippen molar-refractivity contribution >= 4 is 45.2 Å². The number of benzene rings is 4. The minimum atomic E-state index is -0.413. The largest absolute Gasteiger partial charge is 0.496 e. The number of nitrogens with one attached hydrogen (secondary N) is 1. The maximum Gasteiger partial charge on any atom is 0.282 e. The molecule has 0 aliphatic carbocycles. The van der Waals surface area contributed by atoms with Crippen LogP contribution in [0.3, 0.4) is 0 Å². The summed E-state index contributed by atoms with van der Waals surface area (Å²) in [5.41, 5.74) is 3.33. The zero-order valence-electron chi connectivity index (χ0n) is 19.8. The van der Waals surface area contributed by atoms with Crippen molar-refractivity contribution in [3.63, 3.8) is 0 Å². The fourth-order valence-electron chi connectivity index (χ4n) is 4.36. The maximum atomic E-state index is 13.9. The molecule has 1 aliphatic rings. The number of hydrogen-bond donors (Lipinski definition) is 1. The van der Waals surface area contributed by atoms with Gasteiger partial charge in [0.05, 0.1) is 18.4 Å². The van der Waals surface area contributed by atoms with Gasteiger partial charge in [-0.2, -0.15) is 0 Å². The molecule has 1 aliphatic heterocycles. The lowest BCUT2D eigenvalue weighted by atomic mass is 10.0. The molecular weight excluding hydrogens is 438 g/mol. The highest BCUT2D eigenvalue weighted by atomic mass is 16.5. The van der Waals surface area contributed by atoms with E-state index in [4.69, 9.17) is 4.74 Å². The van der Waals surface area contributed by atoms with E-state index < -0.39 is 11.8 Å². The predicted octanol–water partition coefficient (Wildman–Crippen LogP) is 5.31. The molecule has 0 spiro atoms. The van der Waals surface area contributed by atoms with Crippen LogP contribution in [0.2, 0.25) is 0 Å². The molecule has 4 aromatic rings. The van der Waals surface area contributed by atoms with Crippen molar-refractivity contribution in [2.45, 2.75) is 0 Å². The van der Waals surface area contributed by atoms with Crippen molar-refractivity contribution in [3.05, 3.63) is 102 Å². The Hall–Kier alpha value is -4.58. The van der Waals surface area contributed by atoms with Gasteiger partial charge in [0.2, 0.25) is 0 Å². The first-order valence-corrected chi connectivity index (χ1v) is 11.3. The maximum absolute atomic E-state index is 13.9. The number of nitrogens with zero attached hydrogens (tertiary/aromatic N) is 2. The fraction of sp³-hybridized carbons (Fsp3) is 0.103. The lowest BCUT2D eigenvalue weighted by molar-refractivity contribution is -0.120. The Morgan fingerprint density at radius 1 is 0.771 bits per heavy atom. The summed E-state index contributed by atoms with van der Waals surface area (Å²) in [6.45, 7) is 0. The van der Waals surface area contributed by atoms with Gasteiger partial charge in [0.1, 0.15) is 11.4 Å². The molecule has 0 unspecified atom stereocenters. The van der Waals surface area contributed by atoms with Crippen molar-refractivity contribution in [1.29, 1.82) is 0 Å². The number of carbonyl (C=O) groups excluding carboxylic acids is 2. The van der Waals surface area contributed by atoms with Gasteiger partial charge < -0.3 is 15.0 Å². The molecule has 1 heterocycles. The summed E-state index contributed by atoms with van der Waals surface area (Å²) in [6.07, 6.45) is 0. The molecule has 0 radical (unpaired) electrons. The van der Waals surface area contributed by atoms with Gasteiger partial charge in [-0.1, -0.05) is 54.6 Å². The molecule has 174 valence electrons. The topological polar surface area (TPSA) is 61.9 Å². The molecule has 5 rings (SSSR count). The van der Waals surface area contributed by atoms with Crippen LogP contribution in [0.15, 0.2) is 96.7 Å². The van der Waals surface area contributed by atoms with E-state index in [-0.39, 0.29) is 11.3 Å². The Bertz CT molecular complexity index is 1470. The number of imide groups is 1. The molecular formula is C29H25N3O3. The van der Waals surface area contributed by atoms with Crippen LogP contribution in [-0.2, 0) is 9.59 Å². The first-order valence-electron chi connectivity index (χ1n) is 11.3.